The van der Waals surface area contributed by atoms with Gasteiger partial charge in [-0.05, 0) is 26.2 Å². The van der Waals surface area contributed by atoms with E-state index in [-0.39, 0.29) is 25.1 Å². The Morgan fingerprint density at radius 2 is 2.24 bits per heavy atom. The molecule has 1 aliphatic heterocycles. The fourth-order valence-electron chi connectivity index (χ4n) is 1.72. The van der Waals surface area contributed by atoms with Crippen molar-refractivity contribution in [1.82, 2.24) is 4.72 Å². The van der Waals surface area contributed by atoms with E-state index in [0.717, 1.165) is 12.8 Å². The van der Waals surface area contributed by atoms with Crippen LogP contribution in [0.4, 0.5) is 0 Å². The molecule has 2 N–H and O–H groups in total. The van der Waals surface area contributed by atoms with Gasteiger partial charge in [0.05, 0.1) is 11.4 Å². The summed E-state index contributed by atoms with van der Waals surface area (Å²) in [6, 6.07) is 0. The molecular weight excluding hydrogens is 246 g/mol. The second kappa shape index (κ2) is 5.79. The number of rotatable bonds is 7. The molecule has 0 aromatic heterocycles. The largest absolute Gasteiger partial charge is 0.481 e. The van der Waals surface area contributed by atoms with Crippen LogP contribution in [-0.4, -0.2) is 44.0 Å². The average molecular weight is 265 g/mol. The molecule has 0 spiro atoms. The Morgan fingerprint density at radius 3 is 2.76 bits per heavy atom. The second-order valence-electron chi connectivity index (χ2n) is 4.54. The molecule has 1 saturated heterocycles. The molecule has 1 heterocycles. The fraction of sp³-hybridized carbons (Fsp3) is 0.900. The highest BCUT2D eigenvalue weighted by Gasteiger charge is 2.30. The number of sulfonamides is 1. The first-order valence-electron chi connectivity index (χ1n) is 5.66. The minimum Gasteiger partial charge on any atom is -0.481 e. The van der Waals surface area contributed by atoms with E-state index >= 15 is 0 Å². The van der Waals surface area contributed by atoms with Gasteiger partial charge in [-0.25, -0.2) is 13.1 Å². The van der Waals surface area contributed by atoms with Crippen LogP contribution in [0.15, 0.2) is 0 Å². The standard InChI is InChI=1S/C10H19NO5S/c1-10(5-3-6-16-10)8-11-17(14,15)7-2-4-9(12)13/h11H,2-8H2,1H3,(H,12,13). The molecule has 0 radical (unpaired) electrons. The number of hydrogen-bond acceptors (Lipinski definition) is 4. The van der Waals surface area contributed by atoms with E-state index < -0.39 is 21.6 Å². The van der Waals surface area contributed by atoms with Gasteiger partial charge < -0.3 is 9.84 Å². The highest BCUT2D eigenvalue weighted by molar-refractivity contribution is 7.89. The number of carbonyl (C=O) groups is 1. The molecule has 0 saturated carbocycles. The molecule has 17 heavy (non-hydrogen) atoms. The first-order chi connectivity index (χ1) is 7.83. The second-order valence-corrected chi connectivity index (χ2v) is 6.47. The van der Waals surface area contributed by atoms with Crippen molar-refractivity contribution in [2.75, 3.05) is 18.9 Å². The smallest absolute Gasteiger partial charge is 0.303 e. The van der Waals surface area contributed by atoms with Gasteiger partial charge in [0.15, 0.2) is 0 Å². The van der Waals surface area contributed by atoms with Crippen molar-refractivity contribution >= 4 is 16.0 Å². The maximum atomic E-state index is 11.6. The van der Waals surface area contributed by atoms with Crippen LogP contribution in [0.1, 0.15) is 32.6 Å². The fourth-order valence-corrected chi connectivity index (χ4v) is 2.92. The number of carboxylic acids is 1. The van der Waals surface area contributed by atoms with Gasteiger partial charge in [0.25, 0.3) is 0 Å². The van der Waals surface area contributed by atoms with Crippen molar-refractivity contribution in [3.8, 4) is 0 Å². The Balaban J connectivity index is 2.31. The number of ether oxygens (including phenoxy) is 1. The van der Waals surface area contributed by atoms with Gasteiger partial charge in [-0.3, -0.25) is 4.79 Å². The van der Waals surface area contributed by atoms with Gasteiger partial charge in [-0.15, -0.1) is 0 Å². The number of carboxylic acid groups (broad SMARTS) is 1. The van der Waals surface area contributed by atoms with Crippen molar-refractivity contribution in [2.45, 2.75) is 38.2 Å². The van der Waals surface area contributed by atoms with E-state index in [1.807, 2.05) is 6.92 Å². The lowest BCUT2D eigenvalue weighted by atomic mass is 10.0. The number of aliphatic carboxylic acids is 1. The van der Waals surface area contributed by atoms with Crippen LogP contribution >= 0.6 is 0 Å². The lowest BCUT2D eigenvalue weighted by Crippen LogP contribution is -2.40. The Hall–Kier alpha value is -0.660. The van der Waals surface area contributed by atoms with E-state index in [2.05, 4.69) is 4.72 Å². The summed E-state index contributed by atoms with van der Waals surface area (Å²) in [5, 5.41) is 8.42. The van der Waals surface area contributed by atoms with Crippen LogP contribution in [0.2, 0.25) is 0 Å². The molecule has 7 heteroatoms. The molecule has 0 aromatic rings. The highest BCUT2D eigenvalue weighted by atomic mass is 32.2. The molecular formula is C10H19NO5S. The van der Waals surface area contributed by atoms with Crippen molar-refractivity contribution in [1.29, 1.82) is 0 Å². The predicted molar refractivity (Wildman–Crippen MR) is 62.3 cm³/mol. The quantitative estimate of drug-likeness (QED) is 0.692. The monoisotopic (exact) mass is 265 g/mol. The maximum Gasteiger partial charge on any atom is 0.303 e. The summed E-state index contributed by atoms with van der Waals surface area (Å²) >= 11 is 0. The molecule has 1 fully saturated rings. The summed E-state index contributed by atoms with van der Waals surface area (Å²) < 4.78 is 31.0. The molecule has 6 nitrogen and oxygen atoms in total. The SMILES string of the molecule is CC1(CNS(=O)(=O)CCCC(=O)O)CCCO1. The van der Waals surface area contributed by atoms with Crippen LogP contribution in [0.5, 0.6) is 0 Å². The predicted octanol–water partition coefficient (Wildman–Crippen LogP) is 0.340. The lowest BCUT2D eigenvalue weighted by molar-refractivity contribution is -0.137. The molecule has 1 aliphatic rings. The summed E-state index contributed by atoms with van der Waals surface area (Å²) in [6.07, 6.45) is 1.78. The third-order valence-corrected chi connectivity index (χ3v) is 4.18. The van der Waals surface area contributed by atoms with Gasteiger partial charge >= 0.3 is 5.97 Å². The number of nitrogens with one attached hydrogen (secondary N) is 1. The van der Waals surface area contributed by atoms with Crippen LogP contribution in [0, 0.1) is 0 Å². The number of hydrogen-bond donors (Lipinski definition) is 2. The molecule has 0 amide bonds. The van der Waals surface area contributed by atoms with E-state index in [1.54, 1.807) is 0 Å². The molecule has 0 bridgehead atoms. The van der Waals surface area contributed by atoms with Gasteiger partial charge in [0, 0.05) is 19.6 Å². The zero-order valence-corrected chi connectivity index (χ0v) is 10.8. The summed E-state index contributed by atoms with van der Waals surface area (Å²) in [7, 11) is -3.40. The normalized spacial score (nSPS) is 25.0. The summed E-state index contributed by atoms with van der Waals surface area (Å²) in [6.45, 7) is 2.79. The van der Waals surface area contributed by atoms with E-state index in [1.165, 1.54) is 0 Å². The highest BCUT2D eigenvalue weighted by Crippen LogP contribution is 2.24. The summed E-state index contributed by atoms with van der Waals surface area (Å²) in [5.41, 5.74) is -0.417. The van der Waals surface area contributed by atoms with Gasteiger partial charge in [-0.2, -0.15) is 0 Å². The summed E-state index contributed by atoms with van der Waals surface area (Å²) in [4.78, 5) is 10.3. The molecule has 0 aromatic carbocycles. The first kappa shape index (κ1) is 14.4. The van der Waals surface area contributed by atoms with Crippen molar-refractivity contribution in [2.24, 2.45) is 0 Å². The molecule has 1 unspecified atom stereocenters. The van der Waals surface area contributed by atoms with E-state index in [4.69, 9.17) is 9.84 Å². The van der Waals surface area contributed by atoms with Crippen molar-refractivity contribution in [3.63, 3.8) is 0 Å². The van der Waals surface area contributed by atoms with Crippen molar-refractivity contribution < 1.29 is 23.1 Å². The molecule has 1 rings (SSSR count). The molecule has 0 aliphatic carbocycles. The van der Waals surface area contributed by atoms with Crippen LogP contribution < -0.4 is 4.72 Å². The molecule has 1 atom stereocenters. The van der Waals surface area contributed by atoms with E-state index in [9.17, 15) is 13.2 Å². The Morgan fingerprint density at radius 1 is 1.53 bits per heavy atom. The van der Waals surface area contributed by atoms with Crippen LogP contribution in [0.3, 0.4) is 0 Å². The Kier molecular flexibility index (Phi) is 4.91. The first-order valence-corrected chi connectivity index (χ1v) is 7.31. The minimum atomic E-state index is -3.40. The average Bonchev–Trinajstić information content (AvgIpc) is 2.63. The van der Waals surface area contributed by atoms with Gasteiger partial charge in [0.2, 0.25) is 10.0 Å². The zero-order valence-electron chi connectivity index (χ0n) is 9.94. The van der Waals surface area contributed by atoms with Gasteiger partial charge in [0.1, 0.15) is 0 Å². The zero-order chi connectivity index (χ0) is 12.9. The van der Waals surface area contributed by atoms with Crippen molar-refractivity contribution in [3.05, 3.63) is 0 Å². The summed E-state index contributed by atoms with van der Waals surface area (Å²) in [5.74, 6) is -1.14. The topological polar surface area (TPSA) is 92.7 Å². The lowest BCUT2D eigenvalue weighted by Gasteiger charge is -2.23. The van der Waals surface area contributed by atoms with Gasteiger partial charge in [-0.1, -0.05) is 0 Å². The van der Waals surface area contributed by atoms with Crippen LogP contribution in [-0.2, 0) is 19.6 Å². The third kappa shape index (κ3) is 5.47. The molecule has 100 valence electrons. The Bertz CT molecular complexity index is 359. The maximum absolute atomic E-state index is 11.6. The Labute approximate surface area is 101 Å². The minimum absolute atomic E-state index is 0.127. The third-order valence-electron chi connectivity index (χ3n) is 2.77. The van der Waals surface area contributed by atoms with E-state index in [0.29, 0.717) is 6.61 Å². The van der Waals surface area contributed by atoms with Crippen LogP contribution in [0.25, 0.3) is 0 Å².